The van der Waals surface area contributed by atoms with Crippen LogP contribution >= 0.6 is 0 Å². The van der Waals surface area contributed by atoms with Gasteiger partial charge in [-0.1, -0.05) is 0 Å². The van der Waals surface area contributed by atoms with E-state index in [9.17, 15) is 9.18 Å². The lowest BCUT2D eigenvalue weighted by Gasteiger charge is -2.36. The molecule has 1 fully saturated rings. The molecule has 1 aliphatic heterocycles. The number of benzene rings is 1. The second-order valence-electron chi connectivity index (χ2n) is 6.48. The van der Waals surface area contributed by atoms with E-state index in [4.69, 9.17) is 5.73 Å². The van der Waals surface area contributed by atoms with Crippen molar-refractivity contribution in [2.75, 3.05) is 43.9 Å². The summed E-state index contributed by atoms with van der Waals surface area (Å²) in [5, 5.41) is 2.84. The number of carbonyl (C=O) groups is 1. The van der Waals surface area contributed by atoms with Gasteiger partial charge in [0.2, 0.25) is 0 Å². The Hall–Kier alpha value is -2.74. The predicted octanol–water partition coefficient (Wildman–Crippen LogP) is 1.44. The van der Waals surface area contributed by atoms with Gasteiger partial charge in [0.05, 0.1) is 6.04 Å². The van der Waals surface area contributed by atoms with Crippen LogP contribution in [0, 0.1) is 5.82 Å². The molecule has 7 nitrogen and oxygen atoms in total. The number of hydrogen-bond donors (Lipinski definition) is 2. The van der Waals surface area contributed by atoms with E-state index in [2.05, 4.69) is 32.1 Å². The average molecular weight is 358 g/mol. The molecule has 3 rings (SSSR count). The van der Waals surface area contributed by atoms with Crippen LogP contribution in [0.15, 0.2) is 30.6 Å². The quantitative estimate of drug-likeness (QED) is 0.860. The van der Waals surface area contributed by atoms with Gasteiger partial charge in [-0.3, -0.25) is 4.79 Å². The molecule has 1 amide bonds. The molecule has 1 aromatic heterocycles. The predicted molar refractivity (Wildman–Crippen MR) is 98.4 cm³/mol. The smallest absolute Gasteiger partial charge is 0.274 e. The van der Waals surface area contributed by atoms with E-state index in [1.165, 1.54) is 24.5 Å². The molecule has 1 saturated heterocycles. The highest BCUT2D eigenvalue weighted by molar-refractivity contribution is 5.96. The lowest BCUT2D eigenvalue weighted by Crippen LogP contribution is -2.45. The van der Waals surface area contributed by atoms with Gasteiger partial charge < -0.3 is 20.9 Å². The summed E-state index contributed by atoms with van der Waals surface area (Å²) in [7, 11) is 2.08. The molecule has 0 radical (unpaired) electrons. The molecule has 1 atom stereocenters. The van der Waals surface area contributed by atoms with Crippen LogP contribution in [-0.2, 0) is 0 Å². The van der Waals surface area contributed by atoms with Crippen molar-refractivity contribution in [1.82, 2.24) is 20.2 Å². The minimum atomic E-state index is -0.434. The molecule has 26 heavy (non-hydrogen) atoms. The SMILES string of the molecule is C[C@H](NC(=O)c1nccnc1N)c1cc(F)ccc1N1CCN(C)CC1. The van der Waals surface area contributed by atoms with E-state index < -0.39 is 11.9 Å². The summed E-state index contributed by atoms with van der Waals surface area (Å²) in [4.78, 5) is 24.8. The van der Waals surface area contributed by atoms with Gasteiger partial charge in [-0.2, -0.15) is 0 Å². The normalized spacial score (nSPS) is 16.3. The number of aromatic nitrogens is 2. The van der Waals surface area contributed by atoms with E-state index >= 15 is 0 Å². The monoisotopic (exact) mass is 358 g/mol. The fourth-order valence-electron chi connectivity index (χ4n) is 3.07. The van der Waals surface area contributed by atoms with E-state index in [0.717, 1.165) is 37.4 Å². The van der Waals surface area contributed by atoms with Crippen LogP contribution < -0.4 is 16.0 Å². The number of likely N-dealkylation sites (N-methyl/N-ethyl adjacent to an activating group) is 1. The molecule has 0 saturated carbocycles. The van der Waals surface area contributed by atoms with E-state index in [0.29, 0.717) is 0 Å². The largest absolute Gasteiger partial charge is 0.382 e. The highest BCUT2D eigenvalue weighted by atomic mass is 19.1. The maximum absolute atomic E-state index is 13.9. The van der Waals surface area contributed by atoms with Crippen molar-refractivity contribution in [2.45, 2.75) is 13.0 Å². The third kappa shape index (κ3) is 3.91. The van der Waals surface area contributed by atoms with Gasteiger partial charge in [0.15, 0.2) is 11.5 Å². The Morgan fingerprint density at radius 1 is 1.23 bits per heavy atom. The van der Waals surface area contributed by atoms with E-state index in [-0.39, 0.29) is 17.3 Å². The zero-order valence-electron chi connectivity index (χ0n) is 14.9. The minimum absolute atomic E-state index is 0.0655. The van der Waals surface area contributed by atoms with Gasteiger partial charge in [0, 0.05) is 49.8 Å². The molecule has 0 bridgehead atoms. The van der Waals surface area contributed by atoms with Crippen molar-refractivity contribution in [3.05, 3.63) is 47.7 Å². The lowest BCUT2D eigenvalue weighted by atomic mass is 10.0. The van der Waals surface area contributed by atoms with Crippen molar-refractivity contribution in [3.8, 4) is 0 Å². The highest BCUT2D eigenvalue weighted by Gasteiger charge is 2.22. The number of anilines is 2. The molecular formula is C18H23FN6O. The van der Waals surface area contributed by atoms with Crippen molar-refractivity contribution < 1.29 is 9.18 Å². The topological polar surface area (TPSA) is 87.4 Å². The summed E-state index contributed by atoms with van der Waals surface area (Å²) in [5.74, 6) is -0.703. The molecule has 3 N–H and O–H groups in total. The maximum Gasteiger partial charge on any atom is 0.274 e. The van der Waals surface area contributed by atoms with Gasteiger partial charge in [0.1, 0.15) is 5.82 Å². The second kappa shape index (κ2) is 7.65. The number of rotatable bonds is 4. The first-order valence-electron chi connectivity index (χ1n) is 8.56. The number of halogens is 1. The Morgan fingerprint density at radius 3 is 2.62 bits per heavy atom. The van der Waals surface area contributed by atoms with Crippen LogP contribution in [0.1, 0.15) is 29.0 Å². The summed E-state index contributed by atoms with van der Waals surface area (Å²) in [6, 6.07) is 4.29. The van der Waals surface area contributed by atoms with E-state index in [1.807, 2.05) is 6.92 Å². The Balaban J connectivity index is 1.82. The molecule has 8 heteroatoms. The minimum Gasteiger partial charge on any atom is -0.382 e. The number of nitrogen functional groups attached to an aromatic ring is 1. The number of amides is 1. The third-order valence-electron chi connectivity index (χ3n) is 4.59. The van der Waals surface area contributed by atoms with Crippen molar-refractivity contribution in [2.24, 2.45) is 0 Å². The Kier molecular flexibility index (Phi) is 5.32. The second-order valence-corrected chi connectivity index (χ2v) is 6.48. The molecule has 1 aromatic carbocycles. The molecule has 0 unspecified atom stereocenters. The summed E-state index contributed by atoms with van der Waals surface area (Å²) >= 11 is 0. The molecule has 2 aromatic rings. The van der Waals surface area contributed by atoms with Crippen molar-refractivity contribution in [1.29, 1.82) is 0 Å². The number of nitrogens with one attached hydrogen (secondary N) is 1. The molecule has 138 valence electrons. The zero-order chi connectivity index (χ0) is 18.7. The number of hydrogen-bond acceptors (Lipinski definition) is 6. The Bertz CT molecular complexity index is 791. The van der Waals surface area contributed by atoms with Gasteiger partial charge in [-0.05, 0) is 32.2 Å². The van der Waals surface area contributed by atoms with Crippen LogP contribution in [-0.4, -0.2) is 54.0 Å². The molecule has 0 spiro atoms. The molecule has 2 heterocycles. The van der Waals surface area contributed by atoms with Crippen LogP contribution in [0.2, 0.25) is 0 Å². The number of nitrogens with two attached hydrogens (primary N) is 1. The number of carbonyl (C=O) groups excluding carboxylic acids is 1. The summed E-state index contributed by atoms with van der Waals surface area (Å²) in [6.45, 7) is 5.40. The number of nitrogens with zero attached hydrogens (tertiary/aromatic N) is 4. The van der Waals surface area contributed by atoms with Crippen molar-refractivity contribution >= 4 is 17.4 Å². The molecule has 1 aliphatic rings. The highest BCUT2D eigenvalue weighted by Crippen LogP contribution is 2.28. The van der Waals surface area contributed by atoms with Crippen molar-refractivity contribution in [3.63, 3.8) is 0 Å². The van der Waals surface area contributed by atoms with Gasteiger partial charge in [-0.15, -0.1) is 0 Å². The van der Waals surface area contributed by atoms with Crippen LogP contribution in [0.25, 0.3) is 0 Å². The standard InChI is InChI=1S/C18H23FN6O/c1-12(23-18(26)16-17(20)22-6-5-21-16)14-11-13(19)3-4-15(14)25-9-7-24(2)8-10-25/h3-6,11-12H,7-10H2,1-2H3,(H2,20,22)(H,23,26)/t12-/m0/s1. The fraction of sp³-hybridized carbons (Fsp3) is 0.389. The molecular weight excluding hydrogens is 335 g/mol. The Morgan fingerprint density at radius 2 is 1.92 bits per heavy atom. The Labute approximate surface area is 152 Å². The number of piperazine rings is 1. The summed E-state index contributed by atoms with van der Waals surface area (Å²) < 4.78 is 13.9. The molecule has 0 aliphatic carbocycles. The fourth-order valence-corrected chi connectivity index (χ4v) is 3.07. The first-order valence-corrected chi connectivity index (χ1v) is 8.56. The van der Waals surface area contributed by atoms with Gasteiger partial charge in [0.25, 0.3) is 5.91 Å². The van der Waals surface area contributed by atoms with Gasteiger partial charge >= 0.3 is 0 Å². The third-order valence-corrected chi connectivity index (χ3v) is 4.59. The first kappa shape index (κ1) is 18.1. The van der Waals surface area contributed by atoms with Crippen LogP contribution in [0.3, 0.4) is 0 Å². The maximum atomic E-state index is 13.9. The lowest BCUT2D eigenvalue weighted by molar-refractivity contribution is 0.0935. The van der Waals surface area contributed by atoms with Gasteiger partial charge in [-0.25, -0.2) is 14.4 Å². The zero-order valence-corrected chi connectivity index (χ0v) is 14.9. The summed E-state index contributed by atoms with van der Waals surface area (Å²) in [5.41, 5.74) is 7.44. The summed E-state index contributed by atoms with van der Waals surface area (Å²) in [6.07, 6.45) is 2.83. The van der Waals surface area contributed by atoms with Crippen LogP contribution in [0.4, 0.5) is 15.9 Å². The first-order chi connectivity index (χ1) is 12.5. The average Bonchev–Trinajstić information content (AvgIpc) is 2.62. The van der Waals surface area contributed by atoms with Crippen LogP contribution in [0.5, 0.6) is 0 Å². The van der Waals surface area contributed by atoms with E-state index in [1.54, 1.807) is 6.07 Å².